The molecule has 3 heterocycles. The summed E-state index contributed by atoms with van der Waals surface area (Å²) in [6.45, 7) is 1.42. The van der Waals surface area contributed by atoms with E-state index in [1.807, 2.05) is 41.3 Å². The van der Waals surface area contributed by atoms with E-state index in [2.05, 4.69) is 15.2 Å². The first kappa shape index (κ1) is 13.9. The molecule has 1 aliphatic heterocycles. The molecule has 0 atom stereocenters. The zero-order valence-corrected chi connectivity index (χ0v) is 12.7. The van der Waals surface area contributed by atoms with Crippen LogP contribution in [0, 0.1) is 0 Å². The minimum atomic E-state index is 0.00243. The van der Waals surface area contributed by atoms with Crippen molar-refractivity contribution in [1.29, 1.82) is 0 Å². The van der Waals surface area contributed by atoms with Gasteiger partial charge in [0.15, 0.2) is 0 Å². The normalized spacial score (nSPS) is 15.9. The highest BCUT2D eigenvalue weighted by Gasteiger charge is 2.26. The van der Waals surface area contributed by atoms with Gasteiger partial charge in [-0.2, -0.15) is 15.0 Å². The fourth-order valence-electron chi connectivity index (χ4n) is 3.06. The fourth-order valence-corrected chi connectivity index (χ4v) is 3.06. The van der Waals surface area contributed by atoms with E-state index in [9.17, 15) is 4.79 Å². The first-order valence-corrected chi connectivity index (χ1v) is 7.82. The number of pyridine rings is 1. The molecule has 3 aromatic rings. The molecule has 1 aliphatic rings. The molecule has 0 radical (unpaired) electrons. The number of nitrogens with zero attached hydrogens (tertiary/aromatic N) is 5. The highest BCUT2D eigenvalue weighted by Crippen LogP contribution is 2.22. The van der Waals surface area contributed by atoms with Crippen LogP contribution >= 0.6 is 0 Å². The summed E-state index contributed by atoms with van der Waals surface area (Å²) in [5.74, 6) is 0.00243. The third kappa shape index (κ3) is 2.67. The van der Waals surface area contributed by atoms with Crippen LogP contribution in [0.2, 0.25) is 0 Å². The molecule has 1 fully saturated rings. The first-order chi connectivity index (χ1) is 11.3. The summed E-state index contributed by atoms with van der Waals surface area (Å²) in [7, 11) is 0. The lowest BCUT2D eigenvalue weighted by atomic mass is 10.1. The summed E-state index contributed by atoms with van der Waals surface area (Å²) in [5, 5.41) is 9.43. The average Bonchev–Trinajstić information content (AvgIpc) is 3.15. The summed E-state index contributed by atoms with van der Waals surface area (Å²) >= 11 is 0. The van der Waals surface area contributed by atoms with Crippen LogP contribution in [0.15, 0.2) is 48.8 Å². The van der Waals surface area contributed by atoms with Crippen LogP contribution in [-0.2, 0) is 0 Å². The number of likely N-dealkylation sites (tertiary alicyclic amines) is 1. The standard InChI is InChI=1S/C17H17N5O/c23-17(16-6-5-13-3-1-2-4-15(13)20-16)21-11-7-14(8-12-21)22-18-9-10-19-22/h1-6,9-10,14H,7-8,11-12H2. The van der Waals surface area contributed by atoms with Gasteiger partial charge >= 0.3 is 0 Å². The highest BCUT2D eigenvalue weighted by molar-refractivity contribution is 5.94. The lowest BCUT2D eigenvalue weighted by Crippen LogP contribution is -2.39. The molecule has 2 aromatic heterocycles. The third-order valence-corrected chi connectivity index (χ3v) is 4.33. The van der Waals surface area contributed by atoms with E-state index >= 15 is 0 Å². The minimum Gasteiger partial charge on any atom is -0.337 e. The summed E-state index contributed by atoms with van der Waals surface area (Å²) in [6.07, 6.45) is 5.12. The minimum absolute atomic E-state index is 0.00243. The zero-order chi connectivity index (χ0) is 15.6. The Hall–Kier alpha value is -2.76. The molecule has 0 bridgehead atoms. The number of rotatable bonds is 2. The van der Waals surface area contributed by atoms with Gasteiger partial charge in [0.1, 0.15) is 5.69 Å². The van der Waals surface area contributed by atoms with Crippen molar-refractivity contribution in [2.75, 3.05) is 13.1 Å². The molecule has 6 heteroatoms. The van der Waals surface area contributed by atoms with Crippen molar-refractivity contribution < 1.29 is 4.79 Å². The van der Waals surface area contributed by atoms with Crippen molar-refractivity contribution in [3.63, 3.8) is 0 Å². The predicted molar refractivity (Wildman–Crippen MR) is 85.9 cm³/mol. The number of fused-ring (bicyclic) bond motifs is 1. The van der Waals surface area contributed by atoms with Crippen molar-refractivity contribution in [2.45, 2.75) is 18.9 Å². The Morgan fingerprint density at radius 2 is 1.74 bits per heavy atom. The van der Waals surface area contributed by atoms with E-state index in [1.165, 1.54) is 0 Å². The van der Waals surface area contributed by atoms with Crippen molar-refractivity contribution in [3.05, 3.63) is 54.5 Å². The van der Waals surface area contributed by atoms with E-state index in [4.69, 9.17) is 0 Å². The number of carbonyl (C=O) groups is 1. The second-order valence-corrected chi connectivity index (χ2v) is 5.76. The predicted octanol–water partition coefficient (Wildman–Crippen LogP) is 2.30. The van der Waals surface area contributed by atoms with Gasteiger partial charge in [0.25, 0.3) is 5.91 Å². The van der Waals surface area contributed by atoms with E-state index in [0.29, 0.717) is 18.8 Å². The Bertz CT molecular complexity index is 822. The van der Waals surface area contributed by atoms with E-state index < -0.39 is 0 Å². The summed E-state index contributed by atoms with van der Waals surface area (Å²) < 4.78 is 0. The number of carbonyl (C=O) groups excluding carboxylic acids is 1. The zero-order valence-electron chi connectivity index (χ0n) is 12.7. The van der Waals surface area contributed by atoms with Crippen molar-refractivity contribution in [1.82, 2.24) is 24.9 Å². The molecule has 0 N–H and O–H groups in total. The number of para-hydroxylation sites is 1. The molecule has 0 saturated carbocycles. The second-order valence-electron chi connectivity index (χ2n) is 5.76. The van der Waals surface area contributed by atoms with E-state index in [-0.39, 0.29) is 11.9 Å². The van der Waals surface area contributed by atoms with Gasteiger partial charge in [0.2, 0.25) is 0 Å². The Morgan fingerprint density at radius 3 is 2.52 bits per heavy atom. The van der Waals surface area contributed by atoms with Crippen molar-refractivity contribution in [3.8, 4) is 0 Å². The molecule has 116 valence electrons. The molecule has 6 nitrogen and oxygen atoms in total. The van der Waals surface area contributed by atoms with E-state index in [1.54, 1.807) is 17.2 Å². The molecule has 0 spiro atoms. The smallest absolute Gasteiger partial charge is 0.272 e. The van der Waals surface area contributed by atoms with Gasteiger partial charge in [-0.05, 0) is 25.0 Å². The summed E-state index contributed by atoms with van der Waals surface area (Å²) in [6, 6.07) is 11.9. The van der Waals surface area contributed by atoms with Gasteiger partial charge in [-0.25, -0.2) is 4.98 Å². The lowest BCUT2D eigenvalue weighted by molar-refractivity contribution is 0.0678. The quantitative estimate of drug-likeness (QED) is 0.729. The number of aromatic nitrogens is 4. The Balaban J connectivity index is 1.48. The van der Waals surface area contributed by atoms with Crippen LogP contribution in [0.5, 0.6) is 0 Å². The van der Waals surface area contributed by atoms with Gasteiger partial charge in [0, 0.05) is 18.5 Å². The second kappa shape index (κ2) is 5.79. The van der Waals surface area contributed by atoms with Gasteiger partial charge < -0.3 is 4.90 Å². The number of hydrogen-bond donors (Lipinski definition) is 0. The molecule has 0 aliphatic carbocycles. The maximum atomic E-state index is 12.7. The molecule has 4 rings (SSSR count). The molecular formula is C17H17N5O. The van der Waals surface area contributed by atoms with Gasteiger partial charge in [-0.1, -0.05) is 24.3 Å². The number of benzene rings is 1. The van der Waals surface area contributed by atoms with Crippen LogP contribution in [0.1, 0.15) is 29.4 Å². The Labute approximate surface area is 133 Å². The maximum Gasteiger partial charge on any atom is 0.272 e. The van der Waals surface area contributed by atoms with E-state index in [0.717, 1.165) is 23.7 Å². The first-order valence-electron chi connectivity index (χ1n) is 7.82. The number of piperidine rings is 1. The SMILES string of the molecule is O=C(c1ccc2ccccc2n1)N1CCC(n2nccn2)CC1. The summed E-state index contributed by atoms with van der Waals surface area (Å²) in [4.78, 5) is 20.8. The van der Waals surface area contributed by atoms with Crippen LogP contribution in [0.4, 0.5) is 0 Å². The number of hydrogen-bond acceptors (Lipinski definition) is 4. The lowest BCUT2D eigenvalue weighted by Gasteiger charge is -2.31. The Kier molecular flexibility index (Phi) is 3.49. The topological polar surface area (TPSA) is 63.9 Å². The van der Waals surface area contributed by atoms with Crippen molar-refractivity contribution in [2.24, 2.45) is 0 Å². The number of amides is 1. The average molecular weight is 307 g/mol. The van der Waals surface area contributed by atoms with Gasteiger partial charge in [0.05, 0.1) is 24.0 Å². The molecule has 1 amide bonds. The Morgan fingerprint density at radius 1 is 1.00 bits per heavy atom. The summed E-state index contributed by atoms with van der Waals surface area (Å²) in [5.41, 5.74) is 1.37. The van der Waals surface area contributed by atoms with Gasteiger partial charge in [-0.3, -0.25) is 4.79 Å². The van der Waals surface area contributed by atoms with Crippen molar-refractivity contribution >= 4 is 16.8 Å². The van der Waals surface area contributed by atoms with Crippen LogP contribution in [-0.4, -0.2) is 43.9 Å². The monoisotopic (exact) mass is 307 g/mol. The maximum absolute atomic E-state index is 12.7. The molecule has 1 saturated heterocycles. The fraction of sp³-hybridized carbons (Fsp3) is 0.294. The molecule has 0 unspecified atom stereocenters. The molecule has 23 heavy (non-hydrogen) atoms. The highest BCUT2D eigenvalue weighted by atomic mass is 16.2. The van der Waals surface area contributed by atoms with Crippen LogP contribution in [0.25, 0.3) is 10.9 Å². The molecule has 1 aromatic carbocycles. The largest absolute Gasteiger partial charge is 0.337 e. The van der Waals surface area contributed by atoms with Crippen LogP contribution < -0.4 is 0 Å². The molecular weight excluding hydrogens is 290 g/mol. The van der Waals surface area contributed by atoms with Crippen LogP contribution in [0.3, 0.4) is 0 Å². The van der Waals surface area contributed by atoms with Gasteiger partial charge in [-0.15, -0.1) is 0 Å². The third-order valence-electron chi connectivity index (χ3n) is 4.33.